The molecule has 0 fully saturated rings. The van der Waals surface area contributed by atoms with Crippen LogP contribution in [0, 0.1) is 17.0 Å². The van der Waals surface area contributed by atoms with E-state index in [1.165, 1.54) is 4.68 Å². The van der Waals surface area contributed by atoms with Crippen LogP contribution in [0.5, 0.6) is 0 Å². The van der Waals surface area contributed by atoms with Crippen molar-refractivity contribution in [3.8, 4) is 0 Å². The van der Waals surface area contributed by atoms with E-state index in [0.717, 1.165) is 0 Å². The lowest BCUT2D eigenvalue weighted by molar-refractivity contribution is -0.390. The van der Waals surface area contributed by atoms with Crippen LogP contribution in [0.25, 0.3) is 0 Å². The summed E-state index contributed by atoms with van der Waals surface area (Å²) in [5.41, 5.74) is 0.529. The van der Waals surface area contributed by atoms with Gasteiger partial charge in [0.15, 0.2) is 6.29 Å². The maximum atomic E-state index is 10.6. The minimum absolute atomic E-state index is 0.128. The summed E-state index contributed by atoms with van der Waals surface area (Å²) in [7, 11) is 0. The monoisotopic (exact) mass is 243 g/mol. The van der Waals surface area contributed by atoms with E-state index in [0.29, 0.717) is 25.3 Å². The number of aromatic nitrogens is 2. The zero-order valence-electron chi connectivity index (χ0n) is 10.3. The standard InChI is InChI=1S/C10H17N3O4/c1-4-16-9(17-5-2)7-12-6-8(3)10(11-12)13(14)15/h6,9H,4-5,7H2,1-3H3. The molecule has 1 rings (SSSR count). The molecule has 0 radical (unpaired) electrons. The lowest BCUT2D eigenvalue weighted by atomic mass is 10.4. The normalized spacial score (nSPS) is 11.1. The van der Waals surface area contributed by atoms with Crippen molar-refractivity contribution in [3.63, 3.8) is 0 Å². The van der Waals surface area contributed by atoms with E-state index in [-0.39, 0.29) is 5.82 Å². The fourth-order valence-electron chi connectivity index (χ4n) is 1.46. The van der Waals surface area contributed by atoms with Crippen LogP contribution in [0.1, 0.15) is 19.4 Å². The SMILES string of the molecule is CCOC(Cn1cc(C)c([N+](=O)[O-])n1)OCC. The summed E-state index contributed by atoms with van der Waals surface area (Å²) in [6, 6.07) is 0. The van der Waals surface area contributed by atoms with Gasteiger partial charge in [-0.05, 0) is 25.7 Å². The van der Waals surface area contributed by atoms with Crippen molar-refractivity contribution >= 4 is 5.82 Å². The van der Waals surface area contributed by atoms with Gasteiger partial charge in [-0.2, -0.15) is 4.68 Å². The fraction of sp³-hybridized carbons (Fsp3) is 0.700. The Hall–Kier alpha value is -1.47. The summed E-state index contributed by atoms with van der Waals surface area (Å²) in [4.78, 5) is 10.1. The van der Waals surface area contributed by atoms with Gasteiger partial charge in [0.2, 0.25) is 0 Å². The van der Waals surface area contributed by atoms with Crippen molar-refractivity contribution in [2.45, 2.75) is 33.6 Å². The van der Waals surface area contributed by atoms with Crippen LogP contribution in [-0.4, -0.2) is 34.2 Å². The van der Waals surface area contributed by atoms with Gasteiger partial charge in [-0.15, -0.1) is 0 Å². The van der Waals surface area contributed by atoms with E-state index in [9.17, 15) is 10.1 Å². The summed E-state index contributed by atoms with van der Waals surface area (Å²) in [5.74, 6) is -0.128. The fourth-order valence-corrected chi connectivity index (χ4v) is 1.46. The molecule has 1 aromatic heterocycles. The van der Waals surface area contributed by atoms with Crippen molar-refractivity contribution in [3.05, 3.63) is 21.9 Å². The van der Waals surface area contributed by atoms with Crippen LogP contribution in [-0.2, 0) is 16.0 Å². The molecule has 0 aliphatic rings. The molecule has 0 aromatic carbocycles. The average molecular weight is 243 g/mol. The minimum atomic E-state index is -0.498. The molecule has 7 heteroatoms. The highest BCUT2D eigenvalue weighted by Gasteiger charge is 2.19. The van der Waals surface area contributed by atoms with E-state index in [1.807, 2.05) is 13.8 Å². The van der Waals surface area contributed by atoms with Crippen LogP contribution in [0.15, 0.2) is 6.20 Å². The maximum absolute atomic E-state index is 10.6. The van der Waals surface area contributed by atoms with Gasteiger partial charge in [-0.25, -0.2) is 0 Å². The Morgan fingerprint density at radius 1 is 1.47 bits per heavy atom. The molecular weight excluding hydrogens is 226 g/mol. The second-order valence-corrected chi connectivity index (χ2v) is 3.46. The molecule has 0 saturated carbocycles. The van der Waals surface area contributed by atoms with Crippen LogP contribution in [0.4, 0.5) is 5.82 Å². The molecule has 0 amide bonds. The van der Waals surface area contributed by atoms with E-state index < -0.39 is 11.2 Å². The van der Waals surface area contributed by atoms with Gasteiger partial charge >= 0.3 is 5.82 Å². The predicted molar refractivity (Wildman–Crippen MR) is 60.7 cm³/mol. The molecule has 0 spiro atoms. The number of nitrogens with zero attached hydrogens (tertiary/aromatic N) is 3. The summed E-state index contributed by atoms with van der Waals surface area (Å²) in [5, 5.41) is 14.5. The molecule has 96 valence electrons. The highest BCUT2D eigenvalue weighted by Crippen LogP contribution is 2.14. The van der Waals surface area contributed by atoms with E-state index in [1.54, 1.807) is 13.1 Å². The van der Waals surface area contributed by atoms with Gasteiger partial charge in [-0.3, -0.25) is 0 Å². The van der Waals surface area contributed by atoms with E-state index in [2.05, 4.69) is 5.10 Å². The molecule has 1 aromatic rings. The Kier molecular flexibility index (Phi) is 5.05. The molecule has 0 saturated heterocycles. The molecule has 0 N–H and O–H groups in total. The third-order valence-corrected chi connectivity index (χ3v) is 2.13. The highest BCUT2D eigenvalue weighted by molar-refractivity contribution is 5.27. The molecule has 7 nitrogen and oxygen atoms in total. The third kappa shape index (κ3) is 3.79. The summed E-state index contributed by atoms with van der Waals surface area (Å²) in [6.07, 6.45) is 1.19. The van der Waals surface area contributed by atoms with Crippen LogP contribution in [0.3, 0.4) is 0 Å². The average Bonchev–Trinajstić information content (AvgIpc) is 2.60. The van der Waals surface area contributed by atoms with Crippen LogP contribution in [0.2, 0.25) is 0 Å². The van der Waals surface area contributed by atoms with Crippen molar-refractivity contribution < 1.29 is 14.4 Å². The topological polar surface area (TPSA) is 79.4 Å². The van der Waals surface area contributed by atoms with Gasteiger partial charge in [-0.1, -0.05) is 0 Å². The molecule has 0 aliphatic carbocycles. The molecule has 0 aliphatic heterocycles. The Balaban J connectivity index is 2.72. The second kappa shape index (κ2) is 6.31. The molecule has 0 bridgehead atoms. The highest BCUT2D eigenvalue weighted by atomic mass is 16.7. The molecule has 17 heavy (non-hydrogen) atoms. The maximum Gasteiger partial charge on any atom is 0.392 e. The Morgan fingerprint density at radius 3 is 2.47 bits per heavy atom. The zero-order chi connectivity index (χ0) is 12.8. The molecule has 0 atom stereocenters. The number of hydrogen-bond donors (Lipinski definition) is 0. The predicted octanol–water partition coefficient (Wildman–Crippen LogP) is 1.50. The largest absolute Gasteiger partial charge is 0.392 e. The zero-order valence-corrected chi connectivity index (χ0v) is 10.3. The molecule has 0 unspecified atom stereocenters. The number of nitro groups is 1. The van der Waals surface area contributed by atoms with Gasteiger partial charge < -0.3 is 19.6 Å². The van der Waals surface area contributed by atoms with Gasteiger partial charge in [0.25, 0.3) is 0 Å². The molecule has 1 heterocycles. The number of aryl methyl sites for hydroxylation is 1. The van der Waals surface area contributed by atoms with E-state index in [4.69, 9.17) is 9.47 Å². The summed E-state index contributed by atoms with van der Waals surface area (Å²) in [6.45, 7) is 6.76. The Bertz CT molecular complexity index is 372. The lowest BCUT2D eigenvalue weighted by Crippen LogP contribution is -2.24. The summed E-state index contributed by atoms with van der Waals surface area (Å²) < 4.78 is 12.2. The lowest BCUT2D eigenvalue weighted by Gasteiger charge is -2.14. The quantitative estimate of drug-likeness (QED) is 0.412. The number of hydrogen-bond acceptors (Lipinski definition) is 5. The number of ether oxygens (including phenoxy) is 2. The molecular formula is C10H17N3O4. The summed E-state index contributed by atoms with van der Waals surface area (Å²) >= 11 is 0. The first-order valence-corrected chi connectivity index (χ1v) is 5.50. The smallest absolute Gasteiger partial charge is 0.358 e. The Morgan fingerprint density at radius 2 is 2.06 bits per heavy atom. The second-order valence-electron chi connectivity index (χ2n) is 3.46. The van der Waals surface area contributed by atoms with Crippen molar-refractivity contribution in [1.29, 1.82) is 0 Å². The van der Waals surface area contributed by atoms with Gasteiger partial charge in [0, 0.05) is 13.2 Å². The van der Waals surface area contributed by atoms with Gasteiger partial charge in [0.05, 0.1) is 16.9 Å². The first kappa shape index (κ1) is 13.6. The van der Waals surface area contributed by atoms with Crippen molar-refractivity contribution in [1.82, 2.24) is 9.78 Å². The van der Waals surface area contributed by atoms with Crippen LogP contribution >= 0.6 is 0 Å². The van der Waals surface area contributed by atoms with Gasteiger partial charge in [0.1, 0.15) is 6.54 Å². The third-order valence-electron chi connectivity index (χ3n) is 2.13. The van der Waals surface area contributed by atoms with Crippen molar-refractivity contribution in [2.24, 2.45) is 0 Å². The first-order valence-electron chi connectivity index (χ1n) is 5.50. The van der Waals surface area contributed by atoms with Crippen LogP contribution < -0.4 is 0 Å². The Labute approximate surface area is 99.5 Å². The first-order chi connectivity index (χ1) is 8.08. The minimum Gasteiger partial charge on any atom is -0.358 e. The van der Waals surface area contributed by atoms with Crippen molar-refractivity contribution in [2.75, 3.05) is 13.2 Å². The number of rotatable bonds is 7. The van der Waals surface area contributed by atoms with E-state index >= 15 is 0 Å².